The Morgan fingerprint density at radius 1 is 1.33 bits per heavy atom. The highest BCUT2D eigenvalue weighted by Gasteiger charge is 2.18. The lowest BCUT2D eigenvalue weighted by Gasteiger charge is -2.24. The monoisotopic (exact) mass is 214 g/mol. The van der Waals surface area contributed by atoms with Crippen LogP contribution in [0.25, 0.3) is 0 Å². The van der Waals surface area contributed by atoms with E-state index >= 15 is 0 Å². The van der Waals surface area contributed by atoms with Crippen molar-refractivity contribution in [3.63, 3.8) is 0 Å². The van der Waals surface area contributed by atoms with Gasteiger partial charge in [-0.05, 0) is 39.8 Å². The summed E-state index contributed by atoms with van der Waals surface area (Å²) in [6.45, 7) is 4.94. The summed E-state index contributed by atoms with van der Waals surface area (Å²) in [5.74, 6) is 0. The molecule has 0 radical (unpaired) electrons. The van der Waals surface area contributed by atoms with Gasteiger partial charge in [0, 0.05) is 19.1 Å². The van der Waals surface area contributed by atoms with Crippen LogP contribution in [0.5, 0.6) is 0 Å². The predicted octanol–water partition coefficient (Wildman–Crippen LogP) is 1.22. The third kappa shape index (κ3) is 5.50. The molecule has 15 heavy (non-hydrogen) atoms. The summed E-state index contributed by atoms with van der Waals surface area (Å²) < 4.78 is 0. The highest BCUT2D eigenvalue weighted by molar-refractivity contribution is 4.75. The number of hydrogen-bond acceptors (Lipinski definition) is 3. The molecule has 1 saturated carbocycles. The van der Waals surface area contributed by atoms with Gasteiger partial charge in [-0.1, -0.05) is 12.8 Å². The molecule has 0 heterocycles. The Morgan fingerprint density at radius 3 is 2.60 bits per heavy atom. The first-order valence-corrected chi connectivity index (χ1v) is 6.29. The average Bonchev–Trinajstić information content (AvgIpc) is 2.69. The molecule has 3 heteroatoms. The molecule has 1 aliphatic rings. The zero-order valence-corrected chi connectivity index (χ0v) is 10.2. The van der Waals surface area contributed by atoms with Crippen LogP contribution in [-0.2, 0) is 0 Å². The summed E-state index contributed by atoms with van der Waals surface area (Å²) in [4.78, 5) is 2.47. The lowest BCUT2D eigenvalue weighted by atomic mass is 10.2. The van der Waals surface area contributed by atoms with Gasteiger partial charge in [0.15, 0.2) is 0 Å². The van der Waals surface area contributed by atoms with Gasteiger partial charge in [0.2, 0.25) is 0 Å². The van der Waals surface area contributed by atoms with Crippen LogP contribution in [0, 0.1) is 0 Å². The first-order chi connectivity index (χ1) is 7.20. The third-order valence-electron chi connectivity index (χ3n) is 3.33. The fraction of sp³-hybridized carbons (Fsp3) is 1.00. The molecule has 2 N–H and O–H groups in total. The third-order valence-corrected chi connectivity index (χ3v) is 3.33. The summed E-state index contributed by atoms with van der Waals surface area (Å²) in [7, 11) is 2.23. The molecule has 0 bridgehead atoms. The lowest BCUT2D eigenvalue weighted by molar-refractivity contribution is 0.182. The number of likely N-dealkylation sites (N-methyl/N-ethyl adjacent to an activating group) is 1. The van der Waals surface area contributed by atoms with E-state index in [4.69, 9.17) is 5.11 Å². The molecule has 0 spiro atoms. The summed E-state index contributed by atoms with van der Waals surface area (Å²) >= 11 is 0. The van der Waals surface area contributed by atoms with Crippen molar-refractivity contribution in [1.29, 1.82) is 0 Å². The quantitative estimate of drug-likeness (QED) is 0.626. The Bertz CT molecular complexity index is 156. The van der Waals surface area contributed by atoms with E-state index in [1.165, 1.54) is 25.7 Å². The molecule has 1 rings (SSSR count). The number of hydrogen-bond donors (Lipinski definition) is 2. The Balaban J connectivity index is 1.94. The van der Waals surface area contributed by atoms with Crippen molar-refractivity contribution in [3.05, 3.63) is 0 Å². The van der Waals surface area contributed by atoms with Crippen molar-refractivity contribution in [1.82, 2.24) is 10.2 Å². The average molecular weight is 214 g/mol. The van der Waals surface area contributed by atoms with Crippen LogP contribution < -0.4 is 5.32 Å². The maximum Gasteiger partial charge on any atom is 0.0524 e. The molecule has 0 aromatic carbocycles. The largest absolute Gasteiger partial charge is 0.393 e. The molecule has 0 saturated heterocycles. The molecule has 1 atom stereocenters. The molecule has 90 valence electrons. The van der Waals surface area contributed by atoms with Gasteiger partial charge in [0.05, 0.1) is 6.10 Å². The number of nitrogens with zero attached hydrogens (tertiary/aromatic N) is 1. The van der Waals surface area contributed by atoms with Crippen LogP contribution in [0.3, 0.4) is 0 Å². The zero-order chi connectivity index (χ0) is 11.1. The van der Waals surface area contributed by atoms with E-state index in [1.54, 1.807) is 0 Å². The summed E-state index contributed by atoms with van der Waals surface area (Å²) in [5.41, 5.74) is 0. The van der Waals surface area contributed by atoms with Crippen molar-refractivity contribution < 1.29 is 5.11 Å². The summed E-state index contributed by atoms with van der Waals surface area (Å²) in [6.07, 6.45) is 6.25. The minimum absolute atomic E-state index is 0.176. The second-order valence-electron chi connectivity index (χ2n) is 4.81. The Kier molecular flexibility index (Phi) is 6.22. The maximum atomic E-state index is 9.08. The van der Waals surface area contributed by atoms with Crippen LogP contribution in [0.2, 0.25) is 0 Å². The van der Waals surface area contributed by atoms with E-state index in [0.29, 0.717) is 0 Å². The zero-order valence-electron chi connectivity index (χ0n) is 10.2. The van der Waals surface area contributed by atoms with Crippen molar-refractivity contribution in [2.75, 3.05) is 26.7 Å². The minimum atomic E-state index is -0.176. The number of aliphatic hydroxyl groups excluding tert-OH is 1. The van der Waals surface area contributed by atoms with Gasteiger partial charge in [-0.2, -0.15) is 0 Å². The SMILES string of the molecule is CC(O)CCNCCN(C)C1CCCC1. The first-order valence-electron chi connectivity index (χ1n) is 6.29. The lowest BCUT2D eigenvalue weighted by Crippen LogP contribution is -2.36. The van der Waals surface area contributed by atoms with Crippen LogP contribution in [0.15, 0.2) is 0 Å². The Labute approximate surface area is 93.9 Å². The molecular weight excluding hydrogens is 188 g/mol. The van der Waals surface area contributed by atoms with Crippen molar-refractivity contribution in [2.24, 2.45) is 0 Å². The molecule has 3 nitrogen and oxygen atoms in total. The van der Waals surface area contributed by atoms with Crippen molar-refractivity contribution >= 4 is 0 Å². The molecule has 1 fully saturated rings. The highest BCUT2D eigenvalue weighted by Crippen LogP contribution is 2.21. The minimum Gasteiger partial charge on any atom is -0.393 e. The van der Waals surface area contributed by atoms with E-state index in [1.807, 2.05) is 6.92 Å². The van der Waals surface area contributed by atoms with E-state index in [0.717, 1.165) is 32.1 Å². The number of aliphatic hydroxyl groups is 1. The normalized spacial score (nSPS) is 20.0. The summed E-state index contributed by atoms with van der Waals surface area (Å²) in [5, 5.41) is 12.5. The van der Waals surface area contributed by atoms with E-state index in [9.17, 15) is 0 Å². The van der Waals surface area contributed by atoms with Crippen LogP contribution in [0.1, 0.15) is 39.0 Å². The smallest absolute Gasteiger partial charge is 0.0524 e. The van der Waals surface area contributed by atoms with Crippen molar-refractivity contribution in [3.8, 4) is 0 Å². The van der Waals surface area contributed by atoms with E-state index in [2.05, 4.69) is 17.3 Å². The molecule has 0 aromatic heterocycles. The van der Waals surface area contributed by atoms with Gasteiger partial charge in [-0.3, -0.25) is 0 Å². The van der Waals surface area contributed by atoms with Gasteiger partial charge in [0.1, 0.15) is 0 Å². The highest BCUT2D eigenvalue weighted by atomic mass is 16.3. The number of nitrogens with one attached hydrogen (secondary N) is 1. The maximum absolute atomic E-state index is 9.08. The Morgan fingerprint density at radius 2 is 2.00 bits per heavy atom. The van der Waals surface area contributed by atoms with Gasteiger partial charge in [-0.25, -0.2) is 0 Å². The van der Waals surface area contributed by atoms with Gasteiger partial charge < -0.3 is 15.3 Å². The fourth-order valence-electron chi connectivity index (χ4n) is 2.22. The standard InChI is InChI=1S/C12H26N2O/c1-11(15)7-8-13-9-10-14(2)12-5-3-4-6-12/h11-13,15H,3-10H2,1-2H3. The second-order valence-corrected chi connectivity index (χ2v) is 4.81. The van der Waals surface area contributed by atoms with Crippen molar-refractivity contribution in [2.45, 2.75) is 51.2 Å². The molecule has 0 amide bonds. The van der Waals surface area contributed by atoms with Gasteiger partial charge in [-0.15, -0.1) is 0 Å². The molecular formula is C12H26N2O. The molecule has 0 aliphatic heterocycles. The van der Waals surface area contributed by atoms with Crippen LogP contribution in [0.4, 0.5) is 0 Å². The van der Waals surface area contributed by atoms with Gasteiger partial charge >= 0.3 is 0 Å². The molecule has 1 aliphatic carbocycles. The van der Waals surface area contributed by atoms with Crippen LogP contribution >= 0.6 is 0 Å². The van der Waals surface area contributed by atoms with Gasteiger partial charge in [0.25, 0.3) is 0 Å². The molecule has 0 aromatic rings. The first kappa shape index (κ1) is 12.9. The second kappa shape index (κ2) is 7.20. The summed E-state index contributed by atoms with van der Waals surface area (Å²) in [6, 6.07) is 0.823. The fourth-order valence-corrected chi connectivity index (χ4v) is 2.22. The predicted molar refractivity (Wildman–Crippen MR) is 64.1 cm³/mol. The number of rotatable bonds is 7. The van der Waals surface area contributed by atoms with E-state index in [-0.39, 0.29) is 6.10 Å². The topological polar surface area (TPSA) is 35.5 Å². The molecule has 1 unspecified atom stereocenters. The van der Waals surface area contributed by atoms with E-state index < -0.39 is 0 Å². The Hall–Kier alpha value is -0.120. The van der Waals surface area contributed by atoms with Crippen LogP contribution in [-0.4, -0.2) is 48.8 Å².